The van der Waals surface area contributed by atoms with Crippen LogP contribution in [0.3, 0.4) is 0 Å². The lowest BCUT2D eigenvalue weighted by atomic mass is 10.1. The second-order valence-electron chi connectivity index (χ2n) is 9.48. The minimum atomic E-state index is -0.760. The van der Waals surface area contributed by atoms with Crippen molar-refractivity contribution in [1.29, 1.82) is 0 Å². The molecule has 0 aliphatic carbocycles. The Hall–Kier alpha value is -5.90. The van der Waals surface area contributed by atoms with Crippen LogP contribution in [-0.4, -0.2) is 58.5 Å². The fourth-order valence-corrected chi connectivity index (χ4v) is 4.78. The Morgan fingerprint density at radius 2 is 0.738 bits per heavy atom. The van der Waals surface area contributed by atoms with Crippen LogP contribution in [0.2, 0.25) is 0 Å². The summed E-state index contributed by atoms with van der Waals surface area (Å²) in [5.74, 6) is -3.21. The van der Waals surface area contributed by atoms with E-state index in [9.17, 15) is 28.8 Å². The molecule has 10 nitrogen and oxygen atoms in total. The van der Waals surface area contributed by atoms with Gasteiger partial charge in [-0.2, -0.15) is 0 Å². The van der Waals surface area contributed by atoms with Crippen molar-refractivity contribution in [3.63, 3.8) is 0 Å². The fourth-order valence-electron chi connectivity index (χ4n) is 4.78. The van der Waals surface area contributed by atoms with Crippen LogP contribution in [0.15, 0.2) is 97.1 Å². The molecule has 42 heavy (non-hydrogen) atoms. The third-order valence-electron chi connectivity index (χ3n) is 6.84. The van der Waals surface area contributed by atoms with Gasteiger partial charge in [0.05, 0.1) is 22.3 Å². The first kappa shape index (κ1) is 26.3. The quantitative estimate of drug-likeness (QED) is 0.190. The molecule has 4 aromatic rings. The summed E-state index contributed by atoms with van der Waals surface area (Å²) < 4.78 is 10.6. The van der Waals surface area contributed by atoms with E-state index in [1.807, 2.05) is 0 Å². The van der Waals surface area contributed by atoms with Crippen molar-refractivity contribution in [3.8, 4) is 22.6 Å². The highest BCUT2D eigenvalue weighted by molar-refractivity contribution is 6.23. The molecule has 0 radical (unpaired) electrons. The van der Waals surface area contributed by atoms with E-state index in [1.165, 1.54) is 24.3 Å². The molecule has 0 bridgehead atoms. The zero-order valence-corrected chi connectivity index (χ0v) is 21.8. The van der Waals surface area contributed by atoms with Crippen molar-refractivity contribution in [1.82, 2.24) is 9.80 Å². The summed E-state index contributed by atoms with van der Waals surface area (Å²) in [6, 6.07) is 25.9. The number of amides is 4. The van der Waals surface area contributed by atoms with Crippen molar-refractivity contribution in [2.24, 2.45) is 0 Å². The predicted molar refractivity (Wildman–Crippen MR) is 147 cm³/mol. The monoisotopic (exact) mass is 560 g/mol. The molecule has 4 aromatic carbocycles. The molecule has 0 aromatic heterocycles. The minimum absolute atomic E-state index is 0.235. The fraction of sp³-hybridized carbons (Fsp3) is 0.0625. The molecule has 0 N–H and O–H groups in total. The average molecular weight is 561 g/mol. The van der Waals surface area contributed by atoms with Gasteiger partial charge >= 0.3 is 11.9 Å². The molecule has 2 aliphatic heterocycles. The highest BCUT2D eigenvalue weighted by Gasteiger charge is 2.37. The standard InChI is InChI=1S/C32H20N2O8/c35-27(17-33-29(37)23-5-1-2-6-24(23)30(33)38)41-21-13-9-19(10-14-21)20-11-15-22(16-12-20)42-28(36)18-34-31(39)25-7-3-4-8-26(25)32(34)40/h1-16H,17-18H2. The largest absolute Gasteiger partial charge is 0.425 e. The second-order valence-corrected chi connectivity index (χ2v) is 9.48. The molecule has 206 valence electrons. The molecule has 0 fully saturated rings. The van der Waals surface area contributed by atoms with E-state index in [2.05, 4.69) is 0 Å². The minimum Gasteiger partial charge on any atom is -0.425 e. The first-order valence-corrected chi connectivity index (χ1v) is 12.8. The summed E-state index contributed by atoms with van der Waals surface area (Å²) in [4.78, 5) is 76.5. The van der Waals surface area contributed by atoms with E-state index in [-0.39, 0.29) is 33.8 Å². The Labute approximate surface area is 238 Å². The number of carbonyl (C=O) groups is 6. The van der Waals surface area contributed by atoms with Crippen LogP contribution in [0.4, 0.5) is 0 Å². The molecule has 0 saturated heterocycles. The van der Waals surface area contributed by atoms with Gasteiger partial charge in [0.25, 0.3) is 23.6 Å². The number of rotatable bonds is 7. The molecule has 0 atom stereocenters. The number of benzene rings is 4. The van der Waals surface area contributed by atoms with E-state index in [1.54, 1.807) is 72.8 Å². The Kier molecular flexibility index (Phi) is 6.63. The lowest BCUT2D eigenvalue weighted by Crippen LogP contribution is -2.36. The Morgan fingerprint density at radius 1 is 0.452 bits per heavy atom. The number of nitrogens with zero attached hydrogens (tertiary/aromatic N) is 2. The topological polar surface area (TPSA) is 127 Å². The Morgan fingerprint density at radius 3 is 1.02 bits per heavy atom. The SMILES string of the molecule is O=C(CN1C(=O)c2ccccc2C1=O)Oc1ccc(-c2ccc(OC(=O)CN3C(=O)c4ccccc4C3=O)cc2)cc1. The van der Waals surface area contributed by atoms with Crippen molar-refractivity contribution in [2.75, 3.05) is 13.1 Å². The molecule has 6 rings (SSSR count). The number of fused-ring (bicyclic) bond motifs is 2. The van der Waals surface area contributed by atoms with Gasteiger partial charge < -0.3 is 9.47 Å². The number of ether oxygens (including phenoxy) is 2. The molecule has 0 saturated carbocycles. The van der Waals surface area contributed by atoms with Crippen LogP contribution >= 0.6 is 0 Å². The van der Waals surface area contributed by atoms with Gasteiger partial charge in [0, 0.05) is 0 Å². The number of esters is 2. The van der Waals surface area contributed by atoms with Crippen molar-refractivity contribution in [3.05, 3.63) is 119 Å². The van der Waals surface area contributed by atoms with Crippen LogP contribution in [-0.2, 0) is 9.59 Å². The van der Waals surface area contributed by atoms with Gasteiger partial charge in [0.1, 0.15) is 24.6 Å². The summed E-state index contributed by atoms with van der Waals surface area (Å²) >= 11 is 0. The molecule has 10 heteroatoms. The number of imide groups is 2. The van der Waals surface area contributed by atoms with Crippen LogP contribution in [0.5, 0.6) is 11.5 Å². The maximum atomic E-state index is 12.5. The molecule has 0 spiro atoms. The van der Waals surface area contributed by atoms with E-state index in [0.717, 1.165) is 20.9 Å². The van der Waals surface area contributed by atoms with Crippen LogP contribution in [0.1, 0.15) is 41.4 Å². The van der Waals surface area contributed by atoms with Crippen LogP contribution in [0.25, 0.3) is 11.1 Å². The van der Waals surface area contributed by atoms with Gasteiger partial charge in [-0.25, -0.2) is 9.59 Å². The lowest BCUT2D eigenvalue weighted by Gasteiger charge is -2.13. The zero-order valence-electron chi connectivity index (χ0n) is 21.8. The molecule has 4 amide bonds. The first-order chi connectivity index (χ1) is 20.3. The van der Waals surface area contributed by atoms with Gasteiger partial charge in [0.15, 0.2) is 0 Å². The maximum Gasteiger partial charge on any atom is 0.331 e. The van der Waals surface area contributed by atoms with Crippen molar-refractivity contribution >= 4 is 35.6 Å². The summed E-state index contributed by atoms with van der Waals surface area (Å²) in [6.45, 7) is -1.03. The van der Waals surface area contributed by atoms with Gasteiger partial charge in [-0.15, -0.1) is 0 Å². The Balaban J connectivity index is 1.03. The summed E-state index contributed by atoms with van der Waals surface area (Å²) in [7, 11) is 0. The van der Waals surface area contributed by atoms with Crippen molar-refractivity contribution < 1.29 is 38.2 Å². The Bertz CT molecular complexity index is 1590. The lowest BCUT2D eigenvalue weighted by molar-refractivity contribution is -0.135. The van der Waals surface area contributed by atoms with E-state index < -0.39 is 48.7 Å². The van der Waals surface area contributed by atoms with Gasteiger partial charge in [-0.3, -0.25) is 29.0 Å². The van der Waals surface area contributed by atoms with Crippen LogP contribution in [0, 0.1) is 0 Å². The second kappa shape index (κ2) is 10.6. The zero-order chi connectivity index (χ0) is 29.4. The molecule has 2 aliphatic rings. The van der Waals surface area contributed by atoms with Gasteiger partial charge in [-0.05, 0) is 59.7 Å². The number of hydrogen-bond acceptors (Lipinski definition) is 8. The van der Waals surface area contributed by atoms with E-state index >= 15 is 0 Å². The summed E-state index contributed by atoms with van der Waals surface area (Å²) in [6.07, 6.45) is 0. The number of carbonyl (C=O) groups excluding carboxylic acids is 6. The molecular formula is C32H20N2O8. The van der Waals surface area contributed by atoms with Gasteiger partial charge in [-0.1, -0.05) is 48.5 Å². The normalized spacial score (nSPS) is 13.7. The summed E-state index contributed by atoms with van der Waals surface area (Å²) in [5.41, 5.74) is 2.57. The van der Waals surface area contributed by atoms with E-state index in [4.69, 9.17) is 9.47 Å². The van der Waals surface area contributed by atoms with Crippen LogP contribution < -0.4 is 9.47 Å². The molecule has 0 unspecified atom stereocenters. The third-order valence-corrected chi connectivity index (χ3v) is 6.84. The third kappa shape index (κ3) is 4.81. The van der Waals surface area contributed by atoms with Crippen molar-refractivity contribution in [2.45, 2.75) is 0 Å². The maximum absolute atomic E-state index is 12.5. The molecular weight excluding hydrogens is 540 g/mol. The smallest absolute Gasteiger partial charge is 0.331 e. The van der Waals surface area contributed by atoms with E-state index in [0.29, 0.717) is 0 Å². The summed E-state index contributed by atoms with van der Waals surface area (Å²) in [5, 5.41) is 0. The highest BCUT2D eigenvalue weighted by Crippen LogP contribution is 2.27. The van der Waals surface area contributed by atoms with Gasteiger partial charge in [0.2, 0.25) is 0 Å². The highest BCUT2D eigenvalue weighted by atomic mass is 16.5. The predicted octanol–water partition coefficient (Wildman–Crippen LogP) is 3.76. The average Bonchev–Trinajstić information content (AvgIpc) is 3.38. The molecule has 2 heterocycles. The number of hydrogen-bond donors (Lipinski definition) is 0. The first-order valence-electron chi connectivity index (χ1n) is 12.8.